The molecule has 2 heteroatoms. The van der Waals surface area contributed by atoms with Gasteiger partial charge < -0.3 is 0 Å². The van der Waals surface area contributed by atoms with Gasteiger partial charge in [-0.2, -0.15) is 0 Å². The van der Waals surface area contributed by atoms with Gasteiger partial charge in [-0.1, -0.05) is 0 Å². The molecule has 10 heavy (non-hydrogen) atoms. The summed E-state index contributed by atoms with van der Waals surface area (Å²) in [7, 11) is 0. The topological polar surface area (TPSA) is 20.2 Å². The van der Waals surface area contributed by atoms with Crippen LogP contribution in [0.3, 0.4) is 0 Å². The monoisotopic (exact) mass is 206 g/mol. The first-order valence-corrected chi connectivity index (χ1v) is 10.3. The second-order valence-electron chi connectivity index (χ2n) is 3.03. The zero-order valence-electron chi connectivity index (χ0n) is 7.48. The number of rotatable bonds is 5. The molecule has 1 N–H and O–H groups in total. The molecule has 0 radical (unpaired) electrons. The zero-order chi connectivity index (χ0) is 8.04. The maximum atomic E-state index is 8.84. The fourth-order valence-electron chi connectivity index (χ4n) is 1.52. The van der Waals surface area contributed by atoms with Crippen LogP contribution in [0, 0.1) is 0 Å². The summed E-state index contributed by atoms with van der Waals surface area (Å²) in [5.41, 5.74) is 0. The number of aliphatic hydroxyl groups excluding tert-OH is 1. The molecular formula is C8H20GeO. The normalized spacial score (nSPS) is 12.0. The van der Waals surface area contributed by atoms with Gasteiger partial charge in [-0.3, -0.25) is 0 Å². The maximum absolute atomic E-state index is 8.84. The van der Waals surface area contributed by atoms with Crippen LogP contribution in [-0.4, -0.2) is 25.0 Å². The third-order valence-corrected chi connectivity index (χ3v) is 15.0. The van der Waals surface area contributed by atoms with Crippen LogP contribution in [0.4, 0.5) is 0 Å². The molecular weight excluding hydrogens is 185 g/mol. The first-order valence-electron chi connectivity index (χ1n) is 4.35. The van der Waals surface area contributed by atoms with Crippen molar-refractivity contribution in [2.75, 3.05) is 6.61 Å². The fourth-order valence-corrected chi connectivity index (χ4v) is 7.89. The molecule has 0 aliphatic rings. The second kappa shape index (κ2) is 5.19. The van der Waals surface area contributed by atoms with Crippen molar-refractivity contribution >= 4 is 13.3 Å². The van der Waals surface area contributed by atoms with Gasteiger partial charge in [-0.05, 0) is 0 Å². The first kappa shape index (κ1) is 10.5. The molecule has 0 heterocycles. The Labute approximate surface area is 67.2 Å². The van der Waals surface area contributed by atoms with Crippen LogP contribution >= 0.6 is 0 Å². The van der Waals surface area contributed by atoms with Gasteiger partial charge in [0.15, 0.2) is 0 Å². The quantitative estimate of drug-likeness (QED) is 0.683. The van der Waals surface area contributed by atoms with Gasteiger partial charge in [-0.15, -0.1) is 0 Å². The molecule has 0 aromatic carbocycles. The zero-order valence-corrected chi connectivity index (χ0v) is 9.58. The molecule has 0 aromatic rings. The van der Waals surface area contributed by atoms with Gasteiger partial charge in [0.1, 0.15) is 0 Å². The molecule has 0 unspecified atom stereocenters. The van der Waals surface area contributed by atoms with Gasteiger partial charge >= 0.3 is 66.8 Å². The van der Waals surface area contributed by atoms with E-state index in [0.717, 1.165) is 5.25 Å². The number of hydrogen-bond donors (Lipinski definition) is 1. The first-order chi connectivity index (χ1) is 4.74. The van der Waals surface area contributed by atoms with E-state index >= 15 is 0 Å². The molecule has 0 aliphatic carbocycles. The van der Waals surface area contributed by atoms with E-state index in [2.05, 4.69) is 20.8 Å². The molecule has 0 spiro atoms. The van der Waals surface area contributed by atoms with Crippen LogP contribution < -0.4 is 0 Å². The Morgan fingerprint density at radius 1 is 1.00 bits per heavy atom. The van der Waals surface area contributed by atoms with Crippen molar-refractivity contribution in [2.24, 2.45) is 0 Å². The molecule has 0 aromatic heterocycles. The van der Waals surface area contributed by atoms with E-state index in [9.17, 15) is 0 Å². The van der Waals surface area contributed by atoms with E-state index in [4.69, 9.17) is 5.11 Å². The fraction of sp³-hybridized carbons (Fsp3) is 1.00. The molecule has 0 amide bonds. The molecule has 0 saturated carbocycles. The predicted octanol–water partition coefficient (Wildman–Crippen LogP) is 2.49. The molecule has 0 atom stereocenters. The third kappa shape index (κ3) is 2.63. The van der Waals surface area contributed by atoms with Crippen LogP contribution in [0.25, 0.3) is 0 Å². The van der Waals surface area contributed by atoms with E-state index < -0.39 is 13.3 Å². The Kier molecular flexibility index (Phi) is 5.45. The minimum absolute atomic E-state index is 0.426. The van der Waals surface area contributed by atoms with Crippen molar-refractivity contribution < 1.29 is 5.11 Å². The molecule has 0 bridgehead atoms. The van der Waals surface area contributed by atoms with E-state index in [1.54, 1.807) is 0 Å². The molecule has 0 fully saturated rings. The van der Waals surface area contributed by atoms with Crippen molar-refractivity contribution in [1.29, 1.82) is 0 Å². The Balaban J connectivity index is 3.87. The van der Waals surface area contributed by atoms with Crippen molar-refractivity contribution in [3.05, 3.63) is 0 Å². The summed E-state index contributed by atoms with van der Waals surface area (Å²) in [6, 6.07) is 0. The summed E-state index contributed by atoms with van der Waals surface area (Å²) in [4.78, 5) is 0. The van der Waals surface area contributed by atoms with Crippen LogP contribution in [0.15, 0.2) is 0 Å². The number of aliphatic hydroxyl groups is 1. The van der Waals surface area contributed by atoms with E-state index in [1.807, 2.05) is 0 Å². The van der Waals surface area contributed by atoms with Crippen molar-refractivity contribution in [2.45, 2.75) is 41.8 Å². The van der Waals surface area contributed by atoms with Crippen LogP contribution in [-0.2, 0) is 0 Å². The third-order valence-electron chi connectivity index (χ3n) is 2.89. The van der Waals surface area contributed by atoms with Gasteiger partial charge in [-0.25, -0.2) is 0 Å². The summed E-state index contributed by atoms with van der Waals surface area (Å²) < 4.78 is 0. The average molecular weight is 205 g/mol. The van der Waals surface area contributed by atoms with Gasteiger partial charge in [0.25, 0.3) is 0 Å². The molecule has 62 valence electrons. The Morgan fingerprint density at radius 3 is 1.50 bits per heavy atom. The van der Waals surface area contributed by atoms with Crippen LogP contribution in [0.1, 0.15) is 20.8 Å². The summed E-state index contributed by atoms with van der Waals surface area (Å²) in [6.07, 6.45) is 0. The minimum atomic E-state index is -1.45. The van der Waals surface area contributed by atoms with E-state index in [-0.39, 0.29) is 0 Å². The SMILES string of the molecule is C[CH2][Ge]([CH2]C)([CH2]C)[CH2]CO. The summed E-state index contributed by atoms with van der Waals surface area (Å²) >= 11 is -1.45. The van der Waals surface area contributed by atoms with E-state index in [0.29, 0.717) is 6.61 Å². The Morgan fingerprint density at radius 2 is 1.40 bits per heavy atom. The number of hydrogen-bond acceptors (Lipinski definition) is 1. The summed E-state index contributed by atoms with van der Waals surface area (Å²) in [5.74, 6) is 0. The molecule has 0 saturated heterocycles. The second-order valence-corrected chi connectivity index (χ2v) is 14.8. The van der Waals surface area contributed by atoms with Crippen LogP contribution in [0.2, 0.25) is 21.0 Å². The van der Waals surface area contributed by atoms with Gasteiger partial charge in [0, 0.05) is 0 Å². The Hall–Kier alpha value is 0.503. The summed E-state index contributed by atoms with van der Waals surface area (Å²) in [5, 5.41) is 14.1. The molecule has 0 rings (SSSR count). The van der Waals surface area contributed by atoms with Crippen LogP contribution in [0.5, 0.6) is 0 Å². The Bertz CT molecular complexity index is 71.1. The van der Waals surface area contributed by atoms with Gasteiger partial charge in [0.05, 0.1) is 0 Å². The molecule has 0 aliphatic heterocycles. The predicted molar refractivity (Wildman–Crippen MR) is 49.1 cm³/mol. The molecule has 1 nitrogen and oxygen atoms in total. The average Bonchev–Trinajstić information content (AvgIpc) is 2.01. The van der Waals surface area contributed by atoms with Crippen molar-refractivity contribution in [3.63, 3.8) is 0 Å². The van der Waals surface area contributed by atoms with E-state index in [1.165, 1.54) is 15.8 Å². The van der Waals surface area contributed by atoms with Crippen molar-refractivity contribution in [1.82, 2.24) is 0 Å². The summed E-state index contributed by atoms with van der Waals surface area (Å²) in [6.45, 7) is 7.31. The van der Waals surface area contributed by atoms with Gasteiger partial charge in [0.2, 0.25) is 0 Å². The van der Waals surface area contributed by atoms with Crippen molar-refractivity contribution in [3.8, 4) is 0 Å². The standard InChI is InChI=1S/C8H20GeO/c1-4-9(5-2,6-3)7-8-10/h10H,4-8H2,1-3H3.